The van der Waals surface area contributed by atoms with Gasteiger partial charge >= 0.3 is 0 Å². The third-order valence-corrected chi connectivity index (χ3v) is 3.42. The van der Waals surface area contributed by atoms with Gasteiger partial charge in [0.2, 0.25) is 5.91 Å². The molecule has 0 unspecified atom stereocenters. The van der Waals surface area contributed by atoms with Crippen LogP contribution in [0.4, 0.5) is 5.69 Å². The van der Waals surface area contributed by atoms with Crippen LogP contribution in [-0.2, 0) is 11.4 Å². The van der Waals surface area contributed by atoms with E-state index in [1.165, 1.54) is 0 Å². The summed E-state index contributed by atoms with van der Waals surface area (Å²) in [5, 5.41) is 21.9. The molecule has 1 aromatic carbocycles. The van der Waals surface area contributed by atoms with Gasteiger partial charge in [0.1, 0.15) is 0 Å². The van der Waals surface area contributed by atoms with Crippen LogP contribution in [0.5, 0.6) is 0 Å². The van der Waals surface area contributed by atoms with Crippen LogP contribution >= 0.6 is 0 Å². The first-order valence-corrected chi connectivity index (χ1v) is 6.33. The van der Waals surface area contributed by atoms with E-state index >= 15 is 0 Å². The Labute approximate surface area is 107 Å². The van der Waals surface area contributed by atoms with Gasteiger partial charge in [-0.1, -0.05) is 25.0 Å². The summed E-state index contributed by atoms with van der Waals surface area (Å²) in [5.41, 5.74) is 0.596. The average Bonchev–Trinajstić information content (AvgIpc) is 2.75. The van der Waals surface area contributed by atoms with E-state index < -0.39 is 5.60 Å². The minimum Gasteiger partial charge on any atom is -0.392 e. The van der Waals surface area contributed by atoms with Crippen molar-refractivity contribution in [2.24, 2.45) is 0 Å². The highest BCUT2D eigenvalue weighted by Crippen LogP contribution is 2.32. The number of aliphatic hydroxyl groups excluding tert-OH is 1. The molecule has 0 aromatic heterocycles. The molecule has 4 heteroatoms. The van der Waals surface area contributed by atoms with Crippen LogP contribution in [0.3, 0.4) is 0 Å². The van der Waals surface area contributed by atoms with E-state index in [4.69, 9.17) is 5.11 Å². The molecule has 0 radical (unpaired) electrons. The number of anilines is 1. The summed E-state index contributed by atoms with van der Waals surface area (Å²) >= 11 is 0. The standard InChI is InChI=1S/C14H19NO3/c16-10-11-4-3-5-12(8-11)15-13(17)9-14(18)6-1-2-7-14/h3-5,8,16,18H,1-2,6-7,9-10H2,(H,15,17). The van der Waals surface area contributed by atoms with Crippen LogP contribution in [0.25, 0.3) is 0 Å². The van der Waals surface area contributed by atoms with Crippen LogP contribution in [0.15, 0.2) is 24.3 Å². The highest BCUT2D eigenvalue weighted by molar-refractivity contribution is 5.91. The molecule has 4 nitrogen and oxygen atoms in total. The molecule has 0 saturated heterocycles. The van der Waals surface area contributed by atoms with Crippen LogP contribution < -0.4 is 5.32 Å². The zero-order valence-electron chi connectivity index (χ0n) is 10.4. The zero-order valence-corrected chi connectivity index (χ0v) is 10.4. The van der Waals surface area contributed by atoms with Gasteiger partial charge in [-0.2, -0.15) is 0 Å². The monoisotopic (exact) mass is 249 g/mol. The number of carbonyl (C=O) groups is 1. The molecule has 1 aliphatic carbocycles. The fourth-order valence-corrected chi connectivity index (χ4v) is 2.46. The van der Waals surface area contributed by atoms with Gasteiger partial charge in [0.25, 0.3) is 0 Å². The van der Waals surface area contributed by atoms with Crippen molar-refractivity contribution in [1.82, 2.24) is 0 Å². The van der Waals surface area contributed by atoms with Crippen LogP contribution in [0.1, 0.15) is 37.7 Å². The smallest absolute Gasteiger partial charge is 0.227 e. The molecule has 0 spiro atoms. The first kappa shape index (κ1) is 13.1. The predicted octanol–water partition coefficient (Wildman–Crippen LogP) is 1.81. The van der Waals surface area contributed by atoms with Crippen molar-refractivity contribution in [1.29, 1.82) is 0 Å². The third-order valence-electron chi connectivity index (χ3n) is 3.42. The molecule has 0 aliphatic heterocycles. The summed E-state index contributed by atoms with van der Waals surface area (Å²) < 4.78 is 0. The van der Waals surface area contributed by atoms with E-state index in [1.54, 1.807) is 24.3 Å². The maximum absolute atomic E-state index is 11.8. The second-order valence-corrected chi connectivity index (χ2v) is 5.01. The van der Waals surface area contributed by atoms with Gasteiger partial charge in [0, 0.05) is 5.69 Å². The minimum absolute atomic E-state index is 0.0480. The first-order chi connectivity index (χ1) is 8.61. The Balaban J connectivity index is 1.94. The van der Waals surface area contributed by atoms with E-state index in [-0.39, 0.29) is 18.9 Å². The second kappa shape index (κ2) is 5.50. The normalized spacial score (nSPS) is 17.7. The van der Waals surface area contributed by atoms with Gasteiger partial charge in [0.15, 0.2) is 0 Å². The highest BCUT2D eigenvalue weighted by atomic mass is 16.3. The Morgan fingerprint density at radius 1 is 1.33 bits per heavy atom. The Kier molecular flexibility index (Phi) is 3.99. The van der Waals surface area contributed by atoms with Gasteiger partial charge in [-0.3, -0.25) is 4.79 Å². The molecule has 1 aromatic rings. The third kappa shape index (κ3) is 3.31. The van der Waals surface area contributed by atoms with Crippen LogP contribution in [0, 0.1) is 0 Å². The number of hydrogen-bond acceptors (Lipinski definition) is 3. The predicted molar refractivity (Wildman–Crippen MR) is 69.0 cm³/mol. The molecular formula is C14H19NO3. The minimum atomic E-state index is -0.821. The Bertz CT molecular complexity index is 425. The molecule has 1 amide bonds. The fraction of sp³-hybridized carbons (Fsp3) is 0.500. The van der Waals surface area contributed by atoms with Crippen LogP contribution in [0.2, 0.25) is 0 Å². The summed E-state index contributed by atoms with van der Waals surface area (Å²) in [6.45, 7) is -0.0480. The summed E-state index contributed by atoms with van der Waals surface area (Å²) in [6.07, 6.45) is 3.54. The maximum Gasteiger partial charge on any atom is 0.227 e. The Morgan fingerprint density at radius 2 is 2.06 bits per heavy atom. The quantitative estimate of drug-likeness (QED) is 0.762. The molecule has 1 fully saturated rings. The maximum atomic E-state index is 11.8. The molecule has 1 saturated carbocycles. The van der Waals surface area contributed by atoms with Crippen molar-refractivity contribution in [2.75, 3.05) is 5.32 Å². The number of amides is 1. The summed E-state index contributed by atoms with van der Waals surface area (Å²) in [4.78, 5) is 11.8. The summed E-state index contributed by atoms with van der Waals surface area (Å²) in [5.74, 6) is -0.172. The topological polar surface area (TPSA) is 69.6 Å². The fourth-order valence-electron chi connectivity index (χ4n) is 2.46. The molecule has 98 valence electrons. The van der Waals surface area contributed by atoms with E-state index in [1.807, 2.05) is 0 Å². The largest absolute Gasteiger partial charge is 0.392 e. The lowest BCUT2D eigenvalue weighted by Gasteiger charge is -2.21. The van der Waals surface area contributed by atoms with Crippen molar-refractivity contribution in [2.45, 2.75) is 44.3 Å². The summed E-state index contributed by atoms with van der Waals surface area (Å²) in [6, 6.07) is 7.08. The van der Waals surface area contributed by atoms with Crippen molar-refractivity contribution in [3.8, 4) is 0 Å². The van der Waals surface area contributed by atoms with Crippen molar-refractivity contribution in [3.63, 3.8) is 0 Å². The second-order valence-electron chi connectivity index (χ2n) is 5.01. The molecule has 18 heavy (non-hydrogen) atoms. The van der Waals surface area contributed by atoms with Gasteiger partial charge in [0.05, 0.1) is 18.6 Å². The molecular weight excluding hydrogens is 230 g/mol. The summed E-state index contributed by atoms with van der Waals surface area (Å²) in [7, 11) is 0. The number of aliphatic hydroxyl groups is 2. The lowest BCUT2D eigenvalue weighted by atomic mass is 9.97. The number of rotatable bonds is 4. The highest BCUT2D eigenvalue weighted by Gasteiger charge is 2.33. The van der Waals surface area contributed by atoms with Gasteiger partial charge in [-0.15, -0.1) is 0 Å². The van der Waals surface area contributed by atoms with E-state index in [2.05, 4.69) is 5.32 Å². The lowest BCUT2D eigenvalue weighted by molar-refractivity contribution is -0.120. The zero-order chi connectivity index (χ0) is 13.0. The van der Waals surface area contributed by atoms with Gasteiger partial charge in [-0.25, -0.2) is 0 Å². The van der Waals surface area contributed by atoms with Crippen molar-refractivity contribution < 1.29 is 15.0 Å². The average molecular weight is 249 g/mol. The van der Waals surface area contributed by atoms with Crippen molar-refractivity contribution >= 4 is 11.6 Å². The van der Waals surface area contributed by atoms with E-state index in [9.17, 15) is 9.90 Å². The Morgan fingerprint density at radius 3 is 2.72 bits per heavy atom. The first-order valence-electron chi connectivity index (χ1n) is 6.33. The molecule has 0 bridgehead atoms. The lowest BCUT2D eigenvalue weighted by Crippen LogP contribution is -2.30. The van der Waals surface area contributed by atoms with E-state index in [0.717, 1.165) is 18.4 Å². The number of benzene rings is 1. The molecule has 1 aliphatic rings. The molecule has 2 rings (SSSR count). The van der Waals surface area contributed by atoms with E-state index in [0.29, 0.717) is 18.5 Å². The number of carbonyl (C=O) groups excluding carboxylic acids is 1. The molecule has 0 atom stereocenters. The van der Waals surface area contributed by atoms with Gasteiger partial charge in [-0.05, 0) is 30.5 Å². The van der Waals surface area contributed by atoms with Crippen molar-refractivity contribution in [3.05, 3.63) is 29.8 Å². The molecule has 0 heterocycles. The SMILES string of the molecule is O=C(CC1(O)CCCC1)Nc1cccc(CO)c1. The van der Waals surface area contributed by atoms with Gasteiger partial charge < -0.3 is 15.5 Å². The Hall–Kier alpha value is -1.39. The number of nitrogens with one attached hydrogen (secondary N) is 1. The molecule has 3 N–H and O–H groups in total. The number of hydrogen-bond donors (Lipinski definition) is 3. The van der Waals surface area contributed by atoms with Crippen LogP contribution in [-0.4, -0.2) is 21.7 Å².